The number of aromatic nitrogens is 3. The molecule has 13 rings (SSSR count). The van der Waals surface area contributed by atoms with E-state index in [1.165, 1.54) is 147 Å². The second kappa shape index (κ2) is 14.3. The molecule has 0 atom stereocenters. The molecular weight excluding hydrogens is 786 g/mol. The van der Waals surface area contributed by atoms with E-state index in [2.05, 4.69) is 172 Å². The molecule has 0 N–H and O–H groups in total. The molecule has 65 heavy (non-hydrogen) atoms. The number of fused-ring (bicyclic) bond motifs is 10. The summed E-state index contributed by atoms with van der Waals surface area (Å²) >= 11 is 0. The highest BCUT2D eigenvalue weighted by molar-refractivity contribution is 7.00. The number of hydrogen-bond acceptors (Lipinski definition) is 1. The summed E-state index contributed by atoms with van der Waals surface area (Å²) < 4.78 is 5.42. The van der Waals surface area contributed by atoms with E-state index in [0.717, 1.165) is 22.5 Å². The van der Waals surface area contributed by atoms with Crippen molar-refractivity contribution in [1.29, 1.82) is 0 Å². The fourth-order valence-electron chi connectivity index (χ4n) is 13.1. The molecule has 2 fully saturated rings. The molecule has 5 heterocycles. The molecule has 6 aromatic carbocycles. The van der Waals surface area contributed by atoms with E-state index in [1.54, 1.807) is 11.1 Å². The standard InChI is InChI=1S/C61H60BN3/c1-60(2,3)41-25-31-51-45(35-41)55-43(37-17-10-7-11-18-37)27-29-47-58(55)64(51)53-33-40(50-24-16-23-49(63-50)39-21-14-9-15-22-39)34-54-57(53)62(47)48-30-28-44(38-19-12-8-13-20-38)56-46-36-42(61(4,5)6)26-32-52(46)65(54)59(48)56/h9,14-16,21-38H,7-8,10-13,17-20H2,1-6H3. The van der Waals surface area contributed by atoms with Gasteiger partial charge in [-0.2, -0.15) is 0 Å². The number of hydrogen-bond donors (Lipinski definition) is 0. The third kappa shape index (κ3) is 5.90. The summed E-state index contributed by atoms with van der Waals surface area (Å²) in [6.07, 6.45) is 13.1. The van der Waals surface area contributed by atoms with Crippen molar-refractivity contribution < 1.29 is 0 Å². The topological polar surface area (TPSA) is 22.8 Å². The first-order chi connectivity index (χ1) is 31.5. The van der Waals surface area contributed by atoms with Gasteiger partial charge in [0.2, 0.25) is 0 Å². The van der Waals surface area contributed by atoms with Crippen LogP contribution in [0.2, 0.25) is 0 Å². The summed E-state index contributed by atoms with van der Waals surface area (Å²) in [6.45, 7) is 14.3. The lowest BCUT2D eigenvalue weighted by Gasteiger charge is -2.35. The molecule has 2 aliphatic heterocycles. The summed E-state index contributed by atoms with van der Waals surface area (Å²) in [5.41, 5.74) is 22.7. The molecule has 0 bridgehead atoms. The van der Waals surface area contributed by atoms with Crippen molar-refractivity contribution in [3.05, 3.63) is 144 Å². The van der Waals surface area contributed by atoms with Crippen LogP contribution >= 0.6 is 0 Å². The Kier molecular flexibility index (Phi) is 8.70. The molecule has 3 aromatic heterocycles. The quantitative estimate of drug-likeness (QED) is 0.162. The molecule has 0 unspecified atom stereocenters. The zero-order valence-electron chi connectivity index (χ0n) is 39.2. The molecule has 4 heteroatoms. The lowest BCUT2D eigenvalue weighted by atomic mass is 9.34. The van der Waals surface area contributed by atoms with Crippen molar-refractivity contribution in [3.8, 4) is 33.9 Å². The Balaban J connectivity index is 1.19. The van der Waals surface area contributed by atoms with Gasteiger partial charge in [0.25, 0.3) is 6.71 Å². The zero-order chi connectivity index (χ0) is 43.9. The van der Waals surface area contributed by atoms with Gasteiger partial charge >= 0.3 is 0 Å². The molecule has 3 nitrogen and oxygen atoms in total. The summed E-state index contributed by atoms with van der Waals surface area (Å²) in [4.78, 5) is 5.47. The maximum atomic E-state index is 5.47. The Bertz CT molecular complexity index is 3230. The highest BCUT2D eigenvalue weighted by Crippen LogP contribution is 2.47. The number of nitrogens with zero attached hydrogens (tertiary/aromatic N) is 3. The van der Waals surface area contributed by atoms with Gasteiger partial charge in [-0.05, 0) is 136 Å². The van der Waals surface area contributed by atoms with Gasteiger partial charge in [0, 0.05) is 55.1 Å². The minimum absolute atomic E-state index is 0.0354. The van der Waals surface area contributed by atoms with Gasteiger partial charge in [-0.25, -0.2) is 4.98 Å². The molecule has 322 valence electrons. The van der Waals surface area contributed by atoms with Crippen LogP contribution in [0.4, 0.5) is 0 Å². The molecule has 0 radical (unpaired) electrons. The minimum Gasteiger partial charge on any atom is -0.310 e. The van der Waals surface area contributed by atoms with Crippen LogP contribution in [0.15, 0.2) is 121 Å². The highest BCUT2D eigenvalue weighted by atomic mass is 15.0. The van der Waals surface area contributed by atoms with E-state index in [4.69, 9.17) is 4.98 Å². The van der Waals surface area contributed by atoms with Crippen molar-refractivity contribution in [1.82, 2.24) is 14.1 Å². The summed E-state index contributed by atoms with van der Waals surface area (Å²) in [5.74, 6) is 1.16. The van der Waals surface area contributed by atoms with E-state index in [0.29, 0.717) is 11.8 Å². The zero-order valence-corrected chi connectivity index (χ0v) is 39.2. The molecule has 0 spiro atoms. The fraction of sp³-hybridized carbons (Fsp3) is 0.328. The van der Waals surface area contributed by atoms with Crippen molar-refractivity contribution in [2.75, 3.05) is 0 Å². The lowest BCUT2D eigenvalue weighted by Crippen LogP contribution is -2.59. The maximum Gasteiger partial charge on any atom is 0.252 e. The third-order valence-electron chi connectivity index (χ3n) is 16.4. The average Bonchev–Trinajstić information content (AvgIpc) is 3.86. The molecule has 0 amide bonds. The van der Waals surface area contributed by atoms with Crippen LogP contribution in [0.25, 0.3) is 77.5 Å². The van der Waals surface area contributed by atoms with Crippen molar-refractivity contribution >= 4 is 66.7 Å². The number of pyridine rings is 1. The Labute approximate surface area is 385 Å². The van der Waals surface area contributed by atoms with Crippen LogP contribution in [0, 0.1) is 0 Å². The summed E-state index contributed by atoms with van der Waals surface area (Å²) in [7, 11) is 0. The fourth-order valence-corrected chi connectivity index (χ4v) is 13.1. The van der Waals surface area contributed by atoms with Crippen LogP contribution in [0.5, 0.6) is 0 Å². The molecular formula is C61H60BN3. The SMILES string of the molecule is CC(C)(C)c1ccc2c(c1)c1c(C3CCCCC3)ccc3c1n2-c1cc(-c2cccc(-c4ccccc4)n2)cc2c1B3c1ccc(C3CCCCC3)c3c4cc(C(C)(C)C)ccc4n-2c13. The summed E-state index contributed by atoms with van der Waals surface area (Å²) in [6, 6.07) is 47.5. The van der Waals surface area contributed by atoms with Gasteiger partial charge in [-0.1, -0.05) is 153 Å². The Morgan fingerprint density at radius 1 is 0.477 bits per heavy atom. The first kappa shape index (κ1) is 39.5. The lowest BCUT2D eigenvalue weighted by molar-refractivity contribution is 0.445. The van der Waals surface area contributed by atoms with Crippen molar-refractivity contribution in [2.45, 2.75) is 128 Å². The van der Waals surface area contributed by atoms with Crippen LogP contribution in [0.3, 0.4) is 0 Å². The van der Waals surface area contributed by atoms with E-state index >= 15 is 0 Å². The Morgan fingerprint density at radius 3 is 1.43 bits per heavy atom. The first-order valence-corrected chi connectivity index (χ1v) is 25.0. The molecule has 2 aliphatic carbocycles. The van der Waals surface area contributed by atoms with Crippen molar-refractivity contribution in [3.63, 3.8) is 0 Å². The van der Waals surface area contributed by atoms with Crippen molar-refractivity contribution in [2.24, 2.45) is 0 Å². The summed E-state index contributed by atoms with van der Waals surface area (Å²) in [5, 5.41) is 5.81. The first-order valence-electron chi connectivity index (χ1n) is 25.0. The Morgan fingerprint density at radius 2 is 0.954 bits per heavy atom. The molecule has 4 aliphatic rings. The van der Waals surface area contributed by atoms with Crippen LogP contribution in [0.1, 0.15) is 140 Å². The second-order valence-electron chi connectivity index (χ2n) is 22.4. The van der Waals surface area contributed by atoms with Crippen LogP contribution in [-0.4, -0.2) is 20.8 Å². The smallest absolute Gasteiger partial charge is 0.252 e. The van der Waals surface area contributed by atoms with E-state index in [1.807, 2.05) is 0 Å². The van der Waals surface area contributed by atoms with Gasteiger partial charge in [-0.15, -0.1) is 0 Å². The van der Waals surface area contributed by atoms with E-state index in [-0.39, 0.29) is 17.5 Å². The van der Waals surface area contributed by atoms with Gasteiger partial charge in [-0.3, -0.25) is 0 Å². The van der Waals surface area contributed by atoms with Gasteiger partial charge in [0.15, 0.2) is 0 Å². The van der Waals surface area contributed by atoms with Gasteiger partial charge < -0.3 is 9.13 Å². The minimum atomic E-state index is 0.0354. The monoisotopic (exact) mass is 845 g/mol. The maximum absolute atomic E-state index is 5.47. The predicted octanol–water partition coefficient (Wildman–Crippen LogP) is 14.4. The largest absolute Gasteiger partial charge is 0.310 e. The number of rotatable bonds is 4. The average molecular weight is 846 g/mol. The molecule has 0 saturated heterocycles. The third-order valence-corrected chi connectivity index (χ3v) is 16.4. The number of benzene rings is 6. The normalized spacial score (nSPS) is 16.6. The van der Waals surface area contributed by atoms with Gasteiger partial charge in [0.1, 0.15) is 0 Å². The van der Waals surface area contributed by atoms with Gasteiger partial charge in [0.05, 0.1) is 22.4 Å². The predicted molar refractivity (Wildman–Crippen MR) is 277 cm³/mol. The Hall–Kier alpha value is -5.87. The van der Waals surface area contributed by atoms with Crippen LogP contribution < -0.4 is 16.4 Å². The van der Waals surface area contributed by atoms with E-state index < -0.39 is 0 Å². The van der Waals surface area contributed by atoms with Crippen LogP contribution in [-0.2, 0) is 10.8 Å². The van der Waals surface area contributed by atoms with E-state index in [9.17, 15) is 0 Å². The highest BCUT2D eigenvalue weighted by Gasteiger charge is 2.43. The second-order valence-corrected chi connectivity index (χ2v) is 22.4. The molecule has 9 aromatic rings. The molecule has 2 saturated carbocycles.